The molecule has 98 valence electrons. The summed E-state index contributed by atoms with van der Waals surface area (Å²) in [6.45, 7) is 0. The minimum absolute atomic E-state index is 0.0843. The van der Waals surface area contributed by atoms with Crippen molar-refractivity contribution in [3.63, 3.8) is 0 Å². The van der Waals surface area contributed by atoms with E-state index in [2.05, 4.69) is 20.9 Å². The Kier molecular flexibility index (Phi) is 3.88. The first-order valence-electron chi connectivity index (χ1n) is 4.93. The number of hydrogen-bond acceptors (Lipinski definition) is 5. The maximum Gasteiger partial charge on any atom is 0.271 e. The molecule has 0 aliphatic carbocycles. The molecule has 0 aliphatic rings. The summed E-state index contributed by atoms with van der Waals surface area (Å²) >= 11 is 10.9. The summed E-state index contributed by atoms with van der Waals surface area (Å²) in [7, 11) is 0. The number of hydrogen-bond donors (Lipinski definition) is 2. The molecule has 0 unspecified atom stereocenters. The van der Waals surface area contributed by atoms with Crippen molar-refractivity contribution in [1.82, 2.24) is 14.9 Å². The Morgan fingerprint density at radius 1 is 1.42 bits per heavy atom. The summed E-state index contributed by atoms with van der Waals surface area (Å²) < 4.78 is 1.42. The van der Waals surface area contributed by atoms with Crippen molar-refractivity contribution in [2.24, 2.45) is 0 Å². The molecule has 1 aromatic carbocycles. The lowest BCUT2D eigenvalue weighted by molar-refractivity contribution is -0.384. The third kappa shape index (κ3) is 3.36. The van der Waals surface area contributed by atoms with Crippen molar-refractivity contribution in [1.29, 1.82) is 0 Å². The number of nitro groups is 1. The molecule has 19 heavy (non-hydrogen) atoms. The van der Waals surface area contributed by atoms with E-state index in [4.69, 9.17) is 23.8 Å². The normalized spacial score (nSPS) is 9.95. The van der Waals surface area contributed by atoms with Crippen LogP contribution < -0.4 is 10.7 Å². The number of aromatic nitrogens is 3. The predicted molar refractivity (Wildman–Crippen MR) is 73.7 cm³/mol. The second-order valence-corrected chi connectivity index (χ2v) is 4.17. The van der Waals surface area contributed by atoms with Crippen molar-refractivity contribution in [2.45, 2.75) is 0 Å². The third-order valence-electron chi connectivity index (χ3n) is 2.06. The summed E-state index contributed by atoms with van der Waals surface area (Å²) in [5, 5.41) is 21.1. The number of nitro benzene ring substituents is 1. The quantitative estimate of drug-likeness (QED) is 0.506. The van der Waals surface area contributed by atoms with Gasteiger partial charge in [-0.1, -0.05) is 11.6 Å². The van der Waals surface area contributed by atoms with Crippen LogP contribution in [0, 0.1) is 10.1 Å². The molecule has 0 fully saturated rings. The van der Waals surface area contributed by atoms with Crippen LogP contribution in [0.4, 0.5) is 11.4 Å². The van der Waals surface area contributed by atoms with Crippen LogP contribution in [0.15, 0.2) is 30.9 Å². The van der Waals surface area contributed by atoms with Crippen LogP contribution in [0.5, 0.6) is 0 Å². The molecule has 0 atom stereocenters. The maximum absolute atomic E-state index is 10.7. The number of nitrogens with zero attached hydrogens (tertiary/aromatic N) is 4. The third-order valence-corrected chi connectivity index (χ3v) is 2.58. The molecule has 2 aromatic rings. The molecule has 1 aromatic heterocycles. The summed E-state index contributed by atoms with van der Waals surface area (Å²) in [4.78, 5) is 10.2. The van der Waals surface area contributed by atoms with Gasteiger partial charge in [0.2, 0.25) is 0 Å². The number of benzene rings is 1. The predicted octanol–water partition coefficient (Wildman–Crippen LogP) is 1.78. The fraction of sp³-hybridized carbons (Fsp3) is 0. The molecule has 10 heteroatoms. The van der Waals surface area contributed by atoms with Crippen LogP contribution in [0.1, 0.15) is 0 Å². The molecular weight excluding hydrogens is 292 g/mol. The van der Waals surface area contributed by atoms with Gasteiger partial charge >= 0.3 is 0 Å². The lowest BCUT2D eigenvalue weighted by atomic mass is 10.3. The molecule has 2 rings (SSSR count). The molecule has 0 saturated carbocycles. The minimum Gasteiger partial charge on any atom is -0.330 e. The van der Waals surface area contributed by atoms with Crippen molar-refractivity contribution in [2.75, 3.05) is 10.7 Å². The van der Waals surface area contributed by atoms with Gasteiger partial charge in [-0.3, -0.25) is 15.5 Å². The Balaban J connectivity index is 2.11. The van der Waals surface area contributed by atoms with Crippen LogP contribution in [0.25, 0.3) is 0 Å². The number of non-ortho nitro benzene ring substituents is 1. The Labute approximate surface area is 117 Å². The van der Waals surface area contributed by atoms with E-state index in [9.17, 15) is 10.1 Å². The molecule has 0 bridgehead atoms. The zero-order chi connectivity index (χ0) is 13.8. The molecule has 0 aliphatic heterocycles. The molecule has 1 heterocycles. The first-order valence-corrected chi connectivity index (χ1v) is 5.71. The highest BCUT2D eigenvalue weighted by Gasteiger charge is 2.10. The van der Waals surface area contributed by atoms with E-state index in [1.807, 2.05) is 0 Å². The minimum atomic E-state index is -0.516. The lowest BCUT2D eigenvalue weighted by Crippen LogP contribution is -2.26. The zero-order valence-corrected chi connectivity index (χ0v) is 10.9. The Morgan fingerprint density at radius 3 is 2.74 bits per heavy atom. The maximum atomic E-state index is 10.7. The second kappa shape index (κ2) is 5.59. The monoisotopic (exact) mass is 298 g/mol. The summed E-state index contributed by atoms with van der Waals surface area (Å²) in [5.74, 6) is 0. The molecule has 8 nitrogen and oxygen atoms in total. The number of nitrogens with one attached hydrogen (secondary N) is 2. The van der Waals surface area contributed by atoms with E-state index < -0.39 is 4.92 Å². The van der Waals surface area contributed by atoms with Gasteiger partial charge in [-0.25, -0.2) is 4.68 Å². The average molecular weight is 299 g/mol. The van der Waals surface area contributed by atoms with E-state index in [-0.39, 0.29) is 10.8 Å². The molecule has 2 N–H and O–H groups in total. The first kappa shape index (κ1) is 13.2. The number of rotatable bonds is 3. The van der Waals surface area contributed by atoms with Crippen LogP contribution in [0.2, 0.25) is 5.02 Å². The van der Waals surface area contributed by atoms with E-state index in [1.54, 1.807) is 0 Å². The smallest absolute Gasteiger partial charge is 0.271 e. The Hall–Kier alpha value is -2.26. The van der Waals surface area contributed by atoms with Gasteiger partial charge in [0, 0.05) is 12.1 Å². The molecule has 0 spiro atoms. The standard InChI is InChI=1S/C9H7ClN6O2S/c10-7-2-1-6(16(17)18)3-8(7)13-9(19)14-15-4-11-12-5-15/h1-5H,(H2,13,14,19). The first-order chi connectivity index (χ1) is 9.06. The summed E-state index contributed by atoms with van der Waals surface area (Å²) in [6, 6.07) is 4.02. The summed E-state index contributed by atoms with van der Waals surface area (Å²) in [6.07, 6.45) is 2.81. The topological polar surface area (TPSA) is 97.9 Å². The van der Waals surface area contributed by atoms with Gasteiger partial charge in [-0.05, 0) is 18.3 Å². The van der Waals surface area contributed by atoms with E-state index >= 15 is 0 Å². The Bertz CT molecular complexity index is 617. The van der Waals surface area contributed by atoms with Crippen molar-refractivity contribution < 1.29 is 4.92 Å². The average Bonchev–Trinajstić information content (AvgIpc) is 2.84. The van der Waals surface area contributed by atoms with Crippen molar-refractivity contribution in [3.05, 3.63) is 46.0 Å². The largest absolute Gasteiger partial charge is 0.330 e. The number of anilines is 1. The highest BCUT2D eigenvalue weighted by molar-refractivity contribution is 7.80. The van der Waals surface area contributed by atoms with E-state index in [0.717, 1.165) is 0 Å². The van der Waals surface area contributed by atoms with Crippen molar-refractivity contribution >= 4 is 40.3 Å². The number of halogens is 1. The zero-order valence-electron chi connectivity index (χ0n) is 9.28. The van der Waals surface area contributed by atoms with Crippen molar-refractivity contribution in [3.8, 4) is 0 Å². The highest BCUT2D eigenvalue weighted by atomic mass is 35.5. The van der Waals surface area contributed by atoms with Gasteiger partial charge < -0.3 is 5.32 Å². The highest BCUT2D eigenvalue weighted by Crippen LogP contribution is 2.26. The molecule has 0 radical (unpaired) electrons. The fourth-order valence-electron chi connectivity index (χ4n) is 1.25. The van der Waals surface area contributed by atoms with E-state index in [1.165, 1.54) is 35.5 Å². The van der Waals surface area contributed by atoms with Gasteiger partial charge in [0.25, 0.3) is 5.69 Å². The fourth-order valence-corrected chi connectivity index (χ4v) is 1.63. The number of thiocarbonyl (C=S) groups is 1. The lowest BCUT2D eigenvalue weighted by Gasteiger charge is -2.11. The van der Waals surface area contributed by atoms with Crippen LogP contribution in [0.3, 0.4) is 0 Å². The van der Waals surface area contributed by atoms with Gasteiger partial charge in [-0.15, -0.1) is 10.2 Å². The van der Waals surface area contributed by atoms with Gasteiger partial charge in [-0.2, -0.15) is 0 Å². The van der Waals surface area contributed by atoms with Crippen LogP contribution in [-0.4, -0.2) is 24.9 Å². The van der Waals surface area contributed by atoms with Gasteiger partial charge in [0.15, 0.2) is 5.11 Å². The molecule has 0 amide bonds. The van der Waals surface area contributed by atoms with Gasteiger partial charge in [0.1, 0.15) is 12.7 Å². The SMILES string of the molecule is O=[N+]([O-])c1ccc(Cl)c(NC(=S)Nn2cnnc2)c1. The second-order valence-electron chi connectivity index (χ2n) is 3.36. The summed E-state index contributed by atoms with van der Waals surface area (Å²) in [5.41, 5.74) is 2.98. The van der Waals surface area contributed by atoms with Gasteiger partial charge in [0.05, 0.1) is 15.6 Å². The molecule has 0 saturated heterocycles. The Morgan fingerprint density at radius 2 is 2.11 bits per heavy atom. The van der Waals surface area contributed by atoms with E-state index in [0.29, 0.717) is 10.7 Å². The van der Waals surface area contributed by atoms with Crippen LogP contribution >= 0.6 is 23.8 Å². The molecular formula is C9H7ClN6O2S. The van der Waals surface area contributed by atoms with Crippen LogP contribution in [-0.2, 0) is 0 Å².